The molecule has 1 saturated carbocycles. The maximum absolute atomic E-state index is 12.0. The number of ether oxygens (including phenoxy) is 1. The molecule has 0 aromatic rings. The monoisotopic (exact) mass is 267 g/mol. The highest BCUT2D eigenvalue weighted by Crippen LogP contribution is 2.51. The van der Waals surface area contributed by atoms with E-state index in [1.807, 2.05) is 0 Å². The first kappa shape index (κ1) is 15.7. The van der Waals surface area contributed by atoms with Gasteiger partial charge in [-0.15, -0.1) is 0 Å². The molecule has 4 nitrogen and oxygen atoms in total. The quantitative estimate of drug-likeness (QED) is 0.438. The number of esters is 1. The van der Waals surface area contributed by atoms with Crippen molar-refractivity contribution in [3.8, 4) is 0 Å². The minimum Gasteiger partial charge on any atom is -0.461 e. The number of amides is 1. The Kier molecular flexibility index (Phi) is 5.58. The van der Waals surface area contributed by atoms with E-state index in [1.54, 1.807) is 13.0 Å². The van der Waals surface area contributed by atoms with E-state index < -0.39 is 5.97 Å². The van der Waals surface area contributed by atoms with Crippen LogP contribution < -0.4 is 5.32 Å². The van der Waals surface area contributed by atoms with Crippen molar-refractivity contribution in [1.82, 2.24) is 5.32 Å². The second kappa shape index (κ2) is 6.73. The normalized spacial score (nSPS) is 20.8. The molecule has 19 heavy (non-hydrogen) atoms. The molecule has 0 bridgehead atoms. The van der Waals surface area contributed by atoms with E-state index in [9.17, 15) is 9.59 Å². The van der Waals surface area contributed by atoms with Crippen molar-refractivity contribution in [2.75, 3.05) is 6.61 Å². The third-order valence-corrected chi connectivity index (χ3v) is 3.49. The van der Waals surface area contributed by atoms with E-state index >= 15 is 0 Å². The zero-order valence-corrected chi connectivity index (χ0v) is 12.4. The number of hydrogen-bond acceptors (Lipinski definition) is 3. The maximum Gasteiger partial charge on any atom is 0.354 e. The smallest absolute Gasteiger partial charge is 0.354 e. The molecule has 1 aliphatic rings. The maximum atomic E-state index is 12.0. The molecule has 0 radical (unpaired) electrons. The van der Waals surface area contributed by atoms with E-state index in [1.165, 1.54) is 0 Å². The van der Waals surface area contributed by atoms with Crippen molar-refractivity contribution >= 4 is 11.9 Å². The molecule has 0 spiro atoms. The summed E-state index contributed by atoms with van der Waals surface area (Å²) in [6.07, 6.45) is 5.47. The fraction of sp³-hybridized carbons (Fsp3) is 0.733. The molecule has 0 aliphatic heterocycles. The van der Waals surface area contributed by atoms with Crippen LogP contribution in [0.4, 0.5) is 0 Å². The van der Waals surface area contributed by atoms with Crippen molar-refractivity contribution in [2.45, 2.75) is 53.4 Å². The van der Waals surface area contributed by atoms with Crippen LogP contribution in [0.15, 0.2) is 11.8 Å². The van der Waals surface area contributed by atoms with Crippen molar-refractivity contribution in [2.24, 2.45) is 11.3 Å². The van der Waals surface area contributed by atoms with E-state index in [4.69, 9.17) is 4.74 Å². The van der Waals surface area contributed by atoms with Crippen molar-refractivity contribution in [1.29, 1.82) is 0 Å². The predicted octanol–water partition coefficient (Wildman–Crippen LogP) is 2.79. The third kappa shape index (κ3) is 4.69. The van der Waals surface area contributed by atoms with Crippen molar-refractivity contribution < 1.29 is 14.3 Å². The molecular formula is C15H25NO3. The molecule has 1 N–H and O–H groups in total. The van der Waals surface area contributed by atoms with Crippen LogP contribution in [0.5, 0.6) is 0 Å². The van der Waals surface area contributed by atoms with Crippen LogP contribution in [-0.4, -0.2) is 18.5 Å². The SMILES string of the molecule is CCCCC=C(NC(=O)[C@H]1CC1(C)C)C(=O)OCC. The Balaban J connectivity index is 2.61. The highest BCUT2D eigenvalue weighted by molar-refractivity contribution is 5.95. The second-order valence-electron chi connectivity index (χ2n) is 5.72. The van der Waals surface area contributed by atoms with Gasteiger partial charge in [0.05, 0.1) is 6.61 Å². The van der Waals surface area contributed by atoms with Gasteiger partial charge in [0.25, 0.3) is 0 Å². The molecule has 108 valence electrons. The van der Waals surface area contributed by atoms with E-state index in [2.05, 4.69) is 26.1 Å². The highest BCUT2D eigenvalue weighted by atomic mass is 16.5. The van der Waals surface area contributed by atoms with Gasteiger partial charge in [-0.3, -0.25) is 4.79 Å². The summed E-state index contributed by atoms with van der Waals surface area (Å²) in [5.74, 6) is -0.497. The van der Waals surface area contributed by atoms with Crippen molar-refractivity contribution in [3.05, 3.63) is 11.8 Å². The highest BCUT2D eigenvalue weighted by Gasteiger charge is 2.50. The van der Waals surface area contributed by atoms with Gasteiger partial charge in [-0.1, -0.05) is 33.3 Å². The zero-order chi connectivity index (χ0) is 14.5. The second-order valence-corrected chi connectivity index (χ2v) is 5.72. The lowest BCUT2D eigenvalue weighted by atomic mass is 10.1. The van der Waals surface area contributed by atoms with E-state index in [0.717, 1.165) is 25.7 Å². The molecule has 0 saturated heterocycles. The Morgan fingerprint density at radius 2 is 2.00 bits per heavy atom. The summed E-state index contributed by atoms with van der Waals surface area (Å²) in [5.41, 5.74) is 0.357. The molecule has 0 unspecified atom stereocenters. The van der Waals surface area contributed by atoms with Gasteiger partial charge in [0.1, 0.15) is 5.70 Å². The topological polar surface area (TPSA) is 55.4 Å². The average molecular weight is 267 g/mol. The summed E-state index contributed by atoms with van der Waals surface area (Å²) < 4.78 is 4.97. The summed E-state index contributed by atoms with van der Waals surface area (Å²) in [6, 6.07) is 0. The minimum absolute atomic E-state index is 0.0106. The fourth-order valence-electron chi connectivity index (χ4n) is 1.98. The average Bonchev–Trinajstić information content (AvgIpc) is 2.98. The first-order valence-corrected chi connectivity index (χ1v) is 7.10. The molecule has 0 heterocycles. The number of rotatable bonds is 7. The molecule has 1 amide bonds. The zero-order valence-electron chi connectivity index (χ0n) is 12.4. The molecule has 4 heteroatoms. The Hall–Kier alpha value is -1.32. The van der Waals surface area contributed by atoms with Crippen LogP contribution in [0, 0.1) is 11.3 Å². The molecule has 1 aliphatic carbocycles. The van der Waals surface area contributed by atoms with Gasteiger partial charge in [0.2, 0.25) is 5.91 Å². The van der Waals surface area contributed by atoms with Gasteiger partial charge in [0, 0.05) is 5.92 Å². The first-order chi connectivity index (χ1) is 8.92. The van der Waals surface area contributed by atoms with Crippen LogP contribution in [-0.2, 0) is 14.3 Å². The number of carbonyl (C=O) groups is 2. The molecule has 0 aromatic heterocycles. The van der Waals surface area contributed by atoms with Crippen LogP contribution >= 0.6 is 0 Å². The number of nitrogens with one attached hydrogen (secondary N) is 1. The largest absolute Gasteiger partial charge is 0.461 e. The van der Waals surface area contributed by atoms with Gasteiger partial charge in [-0.2, -0.15) is 0 Å². The lowest BCUT2D eigenvalue weighted by Crippen LogP contribution is -2.30. The number of hydrogen-bond donors (Lipinski definition) is 1. The van der Waals surface area contributed by atoms with Crippen LogP contribution in [0.3, 0.4) is 0 Å². The lowest BCUT2D eigenvalue weighted by molar-refractivity contribution is -0.140. The summed E-state index contributed by atoms with van der Waals surface area (Å²) in [4.78, 5) is 23.8. The van der Waals surface area contributed by atoms with Gasteiger partial charge in [-0.25, -0.2) is 4.79 Å². The molecule has 0 aromatic carbocycles. The molecule has 1 rings (SSSR count). The van der Waals surface area contributed by atoms with Gasteiger partial charge in [0.15, 0.2) is 0 Å². The van der Waals surface area contributed by atoms with Crippen LogP contribution in [0.1, 0.15) is 53.4 Å². The first-order valence-electron chi connectivity index (χ1n) is 7.10. The third-order valence-electron chi connectivity index (χ3n) is 3.49. The number of allylic oxidation sites excluding steroid dienone is 1. The minimum atomic E-state index is -0.439. The van der Waals surface area contributed by atoms with Crippen LogP contribution in [0.25, 0.3) is 0 Å². The van der Waals surface area contributed by atoms with Crippen molar-refractivity contribution in [3.63, 3.8) is 0 Å². The summed E-state index contributed by atoms with van der Waals surface area (Å²) in [5, 5.41) is 2.73. The Labute approximate surface area is 115 Å². The molecular weight excluding hydrogens is 242 g/mol. The fourth-order valence-corrected chi connectivity index (χ4v) is 1.98. The van der Waals surface area contributed by atoms with Gasteiger partial charge >= 0.3 is 5.97 Å². The van der Waals surface area contributed by atoms with Crippen LogP contribution in [0.2, 0.25) is 0 Å². The molecule has 1 fully saturated rings. The predicted molar refractivity (Wildman–Crippen MR) is 74.3 cm³/mol. The Morgan fingerprint density at radius 1 is 1.37 bits per heavy atom. The van der Waals surface area contributed by atoms with Gasteiger partial charge < -0.3 is 10.1 Å². The number of unbranched alkanes of at least 4 members (excludes halogenated alkanes) is 2. The Bertz CT molecular complexity index is 372. The number of carbonyl (C=O) groups excluding carboxylic acids is 2. The summed E-state index contributed by atoms with van der Waals surface area (Å²) in [6.45, 7) is 8.27. The van der Waals surface area contributed by atoms with Gasteiger partial charge in [-0.05, 0) is 31.6 Å². The Morgan fingerprint density at radius 3 is 2.47 bits per heavy atom. The van der Waals surface area contributed by atoms with E-state index in [-0.39, 0.29) is 17.2 Å². The lowest BCUT2D eigenvalue weighted by Gasteiger charge is -2.10. The summed E-state index contributed by atoms with van der Waals surface area (Å²) in [7, 11) is 0. The summed E-state index contributed by atoms with van der Waals surface area (Å²) >= 11 is 0. The standard InChI is InChI=1S/C15H25NO3/c1-5-7-8-9-12(14(18)19-6-2)16-13(17)11-10-15(11,3)4/h9,11H,5-8,10H2,1-4H3,(H,16,17)/t11-/m1/s1. The molecule has 1 atom stereocenters. The van der Waals surface area contributed by atoms with E-state index in [0.29, 0.717) is 12.3 Å².